The third kappa shape index (κ3) is 4.58. The van der Waals surface area contributed by atoms with Crippen molar-refractivity contribution >= 4 is 0 Å². The van der Waals surface area contributed by atoms with E-state index in [1.807, 2.05) is 25.4 Å². The van der Waals surface area contributed by atoms with Crippen molar-refractivity contribution in [2.24, 2.45) is 11.8 Å². The van der Waals surface area contributed by atoms with Crippen LogP contribution in [0.1, 0.15) is 47.6 Å². The highest BCUT2D eigenvalue weighted by Gasteiger charge is 2.32. The molecule has 5 heteroatoms. The normalized spacial score (nSPS) is 22.0. The van der Waals surface area contributed by atoms with Crippen LogP contribution < -0.4 is 0 Å². The highest BCUT2D eigenvalue weighted by atomic mass is 15.2. The van der Waals surface area contributed by atoms with Crippen molar-refractivity contribution in [3.63, 3.8) is 0 Å². The van der Waals surface area contributed by atoms with Gasteiger partial charge in [-0.2, -0.15) is 0 Å². The Labute approximate surface area is 169 Å². The van der Waals surface area contributed by atoms with Gasteiger partial charge in [0.25, 0.3) is 0 Å². The quantitative estimate of drug-likeness (QED) is 0.795. The molecule has 0 aromatic carbocycles. The van der Waals surface area contributed by atoms with E-state index in [1.54, 1.807) is 0 Å². The molecule has 2 aromatic rings. The zero-order chi connectivity index (χ0) is 19.5. The van der Waals surface area contributed by atoms with Crippen LogP contribution in [0, 0.1) is 32.6 Å². The summed E-state index contributed by atoms with van der Waals surface area (Å²) in [5.41, 5.74) is 5.71. The summed E-state index contributed by atoms with van der Waals surface area (Å²) in [4.78, 5) is 18.9. The molecule has 0 spiro atoms. The van der Waals surface area contributed by atoms with E-state index in [4.69, 9.17) is 4.98 Å². The van der Waals surface area contributed by atoms with Crippen LogP contribution in [0.15, 0.2) is 24.5 Å². The van der Waals surface area contributed by atoms with Crippen LogP contribution in [0.5, 0.6) is 0 Å². The third-order valence-corrected chi connectivity index (χ3v) is 6.69. The summed E-state index contributed by atoms with van der Waals surface area (Å²) >= 11 is 0. The Morgan fingerprint density at radius 1 is 0.857 bits per heavy atom. The molecule has 0 saturated carbocycles. The van der Waals surface area contributed by atoms with Crippen molar-refractivity contribution in [3.05, 3.63) is 52.9 Å². The average molecular weight is 380 g/mol. The Kier molecular flexibility index (Phi) is 6.02. The minimum Gasteiger partial charge on any atom is -0.299 e. The van der Waals surface area contributed by atoms with E-state index in [-0.39, 0.29) is 0 Å². The second-order valence-electron chi connectivity index (χ2n) is 8.69. The minimum atomic E-state index is 0.848. The summed E-state index contributed by atoms with van der Waals surface area (Å²) in [6.45, 7) is 13.1. The first-order valence-corrected chi connectivity index (χ1v) is 10.7. The number of hydrogen-bond donors (Lipinski definition) is 0. The summed E-state index contributed by atoms with van der Waals surface area (Å²) in [6, 6.07) is 4.22. The molecule has 2 saturated heterocycles. The van der Waals surface area contributed by atoms with Gasteiger partial charge in [-0.1, -0.05) is 6.07 Å². The Morgan fingerprint density at radius 3 is 2.32 bits per heavy atom. The molecule has 4 heterocycles. The average Bonchev–Trinajstić information content (AvgIpc) is 3.16. The Hall–Kier alpha value is -1.85. The van der Waals surface area contributed by atoms with Crippen LogP contribution in [0.3, 0.4) is 0 Å². The van der Waals surface area contributed by atoms with Crippen molar-refractivity contribution in [2.75, 3.05) is 26.2 Å². The highest BCUT2D eigenvalue weighted by Crippen LogP contribution is 2.32. The molecule has 2 aliphatic heterocycles. The third-order valence-electron chi connectivity index (χ3n) is 6.69. The van der Waals surface area contributed by atoms with Gasteiger partial charge in [-0.25, -0.2) is 0 Å². The second-order valence-corrected chi connectivity index (χ2v) is 8.69. The van der Waals surface area contributed by atoms with Gasteiger partial charge in [-0.05, 0) is 83.1 Å². The second kappa shape index (κ2) is 8.66. The van der Waals surface area contributed by atoms with Crippen molar-refractivity contribution in [1.82, 2.24) is 24.8 Å². The monoisotopic (exact) mass is 379 g/mol. The molecule has 1 unspecified atom stereocenters. The first-order valence-electron chi connectivity index (χ1n) is 10.7. The van der Waals surface area contributed by atoms with Crippen LogP contribution in [0.4, 0.5) is 0 Å². The molecular formula is C23H33N5. The number of aryl methyl sites for hydroxylation is 3. The van der Waals surface area contributed by atoms with Gasteiger partial charge in [0.05, 0.1) is 22.8 Å². The van der Waals surface area contributed by atoms with Crippen molar-refractivity contribution in [3.8, 4) is 0 Å². The fourth-order valence-electron chi connectivity index (χ4n) is 4.85. The van der Waals surface area contributed by atoms with E-state index in [9.17, 15) is 0 Å². The minimum absolute atomic E-state index is 0.848. The fraction of sp³-hybridized carbons (Fsp3) is 0.609. The lowest BCUT2D eigenvalue weighted by Gasteiger charge is -2.34. The summed E-state index contributed by atoms with van der Waals surface area (Å²) < 4.78 is 0. The van der Waals surface area contributed by atoms with Crippen LogP contribution in [-0.2, 0) is 13.1 Å². The lowest BCUT2D eigenvalue weighted by Crippen LogP contribution is -2.36. The molecular weight excluding hydrogens is 346 g/mol. The Bertz CT molecular complexity index is 783. The molecule has 0 radical (unpaired) electrons. The first-order chi connectivity index (χ1) is 13.6. The van der Waals surface area contributed by atoms with E-state index in [2.05, 4.69) is 39.7 Å². The maximum Gasteiger partial charge on any atom is 0.0759 e. The van der Waals surface area contributed by atoms with Gasteiger partial charge in [-0.15, -0.1) is 0 Å². The van der Waals surface area contributed by atoms with Gasteiger partial charge < -0.3 is 0 Å². The predicted octanol–water partition coefficient (Wildman–Crippen LogP) is 3.53. The maximum absolute atomic E-state index is 4.81. The van der Waals surface area contributed by atoms with Crippen molar-refractivity contribution in [1.29, 1.82) is 0 Å². The molecule has 0 amide bonds. The lowest BCUT2D eigenvalue weighted by atomic mass is 9.83. The SMILES string of the molecule is Cc1nc(C)c(CN2CCC(C3CCN(Cc4cccnc4)CC3)C2)nc1C. The zero-order valence-corrected chi connectivity index (χ0v) is 17.6. The predicted molar refractivity (Wildman–Crippen MR) is 112 cm³/mol. The smallest absolute Gasteiger partial charge is 0.0759 e. The number of rotatable bonds is 5. The number of nitrogens with zero attached hydrogens (tertiary/aromatic N) is 5. The van der Waals surface area contributed by atoms with E-state index in [1.165, 1.54) is 51.0 Å². The van der Waals surface area contributed by atoms with Crippen LogP contribution in [-0.4, -0.2) is 50.9 Å². The van der Waals surface area contributed by atoms with Crippen LogP contribution >= 0.6 is 0 Å². The number of likely N-dealkylation sites (tertiary alicyclic amines) is 2. The largest absolute Gasteiger partial charge is 0.299 e. The first kappa shape index (κ1) is 19.5. The fourth-order valence-corrected chi connectivity index (χ4v) is 4.85. The molecule has 2 aromatic heterocycles. The molecule has 2 aliphatic rings. The zero-order valence-electron chi connectivity index (χ0n) is 17.6. The van der Waals surface area contributed by atoms with Gasteiger partial charge in [-0.3, -0.25) is 24.8 Å². The number of piperidine rings is 1. The Balaban J connectivity index is 1.27. The van der Waals surface area contributed by atoms with Gasteiger partial charge in [0, 0.05) is 32.0 Å². The molecule has 28 heavy (non-hydrogen) atoms. The Morgan fingerprint density at radius 2 is 1.57 bits per heavy atom. The van der Waals surface area contributed by atoms with Gasteiger partial charge in [0.2, 0.25) is 0 Å². The molecule has 0 bridgehead atoms. The van der Waals surface area contributed by atoms with E-state index < -0.39 is 0 Å². The van der Waals surface area contributed by atoms with Gasteiger partial charge in [0.1, 0.15) is 0 Å². The van der Waals surface area contributed by atoms with Gasteiger partial charge in [0.15, 0.2) is 0 Å². The molecule has 150 valence electrons. The summed E-state index contributed by atoms with van der Waals surface area (Å²) in [5, 5.41) is 0. The molecule has 5 nitrogen and oxygen atoms in total. The van der Waals surface area contributed by atoms with Crippen LogP contribution in [0.25, 0.3) is 0 Å². The van der Waals surface area contributed by atoms with E-state index in [0.717, 1.165) is 47.7 Å². The molecule has 0 N–H and O–H groups in total. The van der Waals surface area contributed by atoms with E-state index >= 15 is 0 Å². The standard InChI is InChI=1S/C23H33N5/c1-17-18(2)26-23(19(3)25-17)16-28-12-8-22(15-28)21-6-10-27(11-7-21)14-20-5-4-9-24-13-20/h4-5,9,13,21-22H,6-8,10-12,14-16H2,1-3H3. The molecule has 2 fully saturated rings. The summed E-state index contributed by atoms with van der Waals surface area (Å²) in [5.74, 6) is 1.72. The highest BCUT2D eigenvalue weighted by molar-refractivity contribution is 5.18. The van der Waals surface area contributed by atoms with Gasteiger partial charge >= 0.3 is 0 Å². The molecule has 4 rings (SSSR count). The number of aromatic nitrogens is 3. The topological polar surface area (TPSA) is 45.2 Å². The summed E-state index contributed by atoms with van der Waals surface area (Å²) in [7, 11) is 0. The number of pyridine rings is 1. The lowest BCUT2D eigenvalue weighted by molar-refractivity contribution is 0.141. The maximum atomic E-state index is 4.81. The summed E-state index contributed by atoms with van der Waals surface area (Å²) in [6.07, 6.45) is 7.86. The van der Waals surface area contributed by atoms with Crippen LogP contribution in [0.2, 0.25) is 0 Å². The van der Waals surface area contributed by atoms with Crippen molar-refractivity contribution < 1.29 is 0 Å². The number of hydrogen-bond acceptors (Lipinski definition) is 5. The molecule has 0 aliphatic carbocycles. The molecule has 1 atom stereocenters. The van der Waals surface area contributed by atoms with Crippen molar-refractivity contribution in [2.45, 2.75) is 53.1 Å². The van der Waals surface area contributed by atoms with E-state index in [0.29, 0.717) is 0 Å².